The first-order valence-corrected chi connectivity index (χ1v) is 12.3. The van der Waals surface area contributed by atoms with Crippen LogP contribution in [-0.2, 0) is 9.84 Å². The first kappa shape index (κ1) is 22.5. The van der Waals surface area contributed by atoms with Gasteiger partial charge in [0, 0.05) is 17.0 Å². The molecule has 0 aliphatic carbocycles. The molecule has 1 saturated heterocycles. The Labute approximate surface area is 188 Å². The number of hydrogen-bond acceptors (Lipinski definition) is 8. The number of rotatable bonds is 5. The number of anilines is 2. The van der Waals surface area contributed by atoms with Crippen molar-refractivity contribution in [2.75, 3.05) is 18.4 Å². The molecule has 0 amide bonds. The Bertz CT molecular complexity index is 1240. The fraction of sp³-hybridized carbons (Fsp3) is 0.500. The zero-order valence-electron chi connectivity index (χ0n) is 19.1. The number of piperidine rings is 1. The van der Waals surface area contributed by atoms with Crippen LogP contribution in [0.2, 0.25) is 0 Å². The van der Waals surface area contributed by atoms with Crippen LogP contribution < -0.4 is 15.4 Å². The Kier molecular flexibility index (Phi) is 5.85. The maximum Gasteiger partial charge on any atom is 0.186 e. The second-order valence-corrected chi connectivity index (χ2v) is 11.8. The lowest BCUT2D eigenvalue weighted by Gasteiger charge is -2.27. The summed E-state index contributed by atoms with van der Waals surface area (Å²) in [6.07, 6.45) is 3.05. The van der Waals surface area contributed by atoms with Crippen LogP contribution in [-0.4, -0.2) is 52.5 Å². The van der Waals surface area contributed by atoms with E-state index in [2.05, 4.69) is 30.8 Å². The van der Waals surface area contributed by atoms with Gasteiger partial charge in [0.2, 0.25) is 0 Å². The lowest BCUT2D eigenvalue weighted by molar-refractivity contribution is 0.158. The number of aryl methyl sites for hydroxylation is 1. The Morgan fingerprint density at radius 2 is 1.84 bits per heavy atom. The van der Waals surface area contributed by atoms with E-state index in [4.69, 9.17) is 4.74 Å². The SMILES string of the molecule is Cc1n[nH]c(Nc2ncnc3cc(OC4CCNCC4)c(S(=O)(=O)C(C)(C)C)cc23)c1C. The number of aromatic nitrogens is 4. The average Bonchev–Trinajstić information content (AvgIpc) is 3.05. The van der Waals surface area contributed by atoms with Crippen LogP contribution in [0.4, 0.5) is 11.6 Å². The summed E-state index contributed by atoms with van der Waals surface area (Å²) in [6.45, 7) is 10.6. The lowest BCUT2D eigenvalue weighted by Crippen LogP contribution is -2.35. The molecule has 1 aromatic carbocycles. The number of sulfone groups is 1. The lowest BCUT2D eigenvalue weighted by atomic mass is 10.1. The summed E-state index contributed by atoms with van der Waals surface area (Å²) >= 11 is 0. The summed E-state index contributed by atoms with van der Waals surface area (Å²) in [5.74, 6) is 1.55. The predicted octanol–water partition coefficient (Wildman–Crippen LogP) is 3.42. The third-order valence-corrected chi connectivity index (χ3v) is 8.38. The van der Waals surface area contributed by atoms with Gasteiger partial charge in [-0.05, 0) is 66.6 Å². The minimum Gasteiger partial charge on any atom is -0.489 e. The summed E-state index contributed by atoms with van der Waals surface area (Å²) in [7, 11) is -3.69. The molecule has 4 rings (SSSR count). The van der Waals surface area contributed by atoms with E-state index in [1.54, 1.807) is 32.9 Å². The molecule has 0 atom stereocenters. The largest absolute Gasteiger partial charge is 0.489 e. The molecule has 10 heteroatoms. The smallest absolute Gasteiger partial charge is 0.186 e. The van der Waals surface area contributed by atoms with Crippen molar-refractivity contribution in [3.05, 3.63) is 29.7 Å². The summed E-state index contributed by atoms with van der Waals surface area (Å²) in [5.41, 5.74) is 2.44. The summed E-state index contributed by atoms with van der Waals surface area (Å²) in [4.78, 5) is 8.91. The first-order chi connectivity index (χ1) is 15.1. The molecule has 9 nitrogen and oxygen atoms in total. The highest BCUT2D eigenvalue weighted by Crippen LogP contribution is 2.38. The van der Waals surface area contributed by atoms with Gasteiger partial charge in [0.05, 0.1) is 16.0 Å². The van der Waals surface area contributed by atoms with Crippen LogP contribution >= 0.6 is 0 Å². The molecule has 0 spiro atoms. The van der Waals surface area contributed by atoms with Crippen molar-refractivity contribution >= 4 is 32.4 Å². The highest BCUT2D eigenvalue weighted by atomic mass is 32.2. The quantitative estimate of drug-likeness (QED) is 0.532. The van der Waals surface area contributed by atoms with Crippen molar-refractivity contribution in [3.8, 4) is 5.75 Å². The van der Waals surface area contributed by atoms with E-state index in [1.165, 1.54) is 6.33 Å². The maximum atomic E-state index is 13.5. The second-order valence-electron chi connectivity index (χ2n) is 9.16. The molecular formula is C22H30N6O3S. The van der Waals surface area contributed by atoms with Crippen LogP contribution in [0.3, 0.4) is 0 Å². The molecule has 3 N–H and O–H groups in total. The Morgan fingerprint density at radius 1 is 1.12 bits per heavy atom. The topological polar surface area (TPSA) is 122 Å². The number of H-pyrrole nitrogens is 1. The van der Waals surface area contributed by atoms with Gasteiger partial charge >= 0.3 is 0 Å². The molecule has 2 aromatic heterocycles. The number of benzene rings is 1. The van der Waals surface area contributed by atoms with Crippen molar-refractivity contribution in [3.63, 3.8) is 0 Å². The van der Waals surface area contributed by atoms with Gasteiger partial charge in [-0.3, -0.25) is 5.10 Å². The van der Waals surface area contributed by atoms with Crippen molar-refractivity contribution in [2.24, 2.45) is 0 Å². The van der Waals surface area contributed by atoms with Crippen LogP contribution in [0.5, 0.6) is 5.75 Å². The van der Waals surface area contributed by atoms with Gasteiger partial charge in [-0.1, -0.05) is 0 Å². The number of nitrogens with zero attached hydrogens (tertiary/aromatic N) is 3. The monoisotopic (exact) mass is 458 g/mol. The van der Waals surface area contributed by atoms with Crippen molar-refractivity contribution in [1.29, 1.82) is 0 Å². The van der Waals surface area contributed by atoms with Gasteiger partial charge in [-0.2, -0.15) is 5.10 Å². The third-order valence-electron chi connectivity index (χ3n) is 5.87. The molecule has 0 unspecified atom stereocenters. The molecule has 172 valence electrons. The van der Waals surface area contributed by atoms with Crippen LogP contribution in [0.1, 0.15) is 44.9 Å². The third kappa shape index (κ3) is 4.16. The normalized spacial score (nSPS) is 15.8. The van der Waals surface area contributed by atoms with Gasteiger partial charge in [-0.25, -0.2) is 18.4 Å². The molecule has 3 aromatic rings. The Hall–Kier alpha value is -2.72. The van der Waals surface area contributed by atoms with Gasteiger partial charge in [0.15, 0.2) is 9.84 Å². The van der Waals surface area contributed by atoms with E-state index in [-0.39, 0.29) is 11.0 Å². The Morgan fingerprint density at radius 3 is 2.47 bits per heavy atom. The summed E-state index contributed by atoms with van der Waals surface area (Å²) in [6, 6.07) is 3.35. The zero-order valence-corrected chi connectivity index (χ0v) is 19.9. The molecule has 0 radical (unpaired) electrons. The summed E-state index contributed by atoms with van der Waals surface area (Å²) in [5, 5.41) is 14.3. The van der Waals surface area contributed by atoms with E-state index < -0.39 is 14.6 Å². The molecule has 1 aliphatic heterocycles. The Balaban J connectivity index is 1.85. The molecule has 1 fully saturated rings. The van der Waals surface area contributed by atoms with Crippen LogP contribution in [0, 0.1) is 13.8 Å². The number of ether oxygens (including phenoxy) is 1. The van der Waals surface area contributed by atoms with Crippen molar-refractivity contribution in [2.45, 2.75) is 63.2 Å². The minimum absolute atomic E-state index is 0.0438. The zero-order chi connectivity index (χ0) is 23.1. The van der Waals surface area contributed by atoms with E-state index in [9.17, 15) is 8.42 Å². The minimum atomic E-state index is -3.69. The van der Waals surface area contributed by atoms with E-state index in [0.717, 1.165) is 37.2 Å². The first-order valence-electron chi connectivity index (χ1n) is 10.8. The number of aromatic amines is 1. The fourth-order valence-corrected chi connectivity index (χ4v) is 4.92. The molecule has 0 bridgehead atoms. The average molecular weight is 459 g/mol. The predicted molar refractivity (Wildman–Crippen MR) is 124 cm³/mol. The standard InChI is InChI=1S/C22H30N6O3S/c1-13-14(2)27-28-20(13)26-21-16-10-19(32(29,30)22(3,4)5)18(11-17(16)24-12-25-21)31-15-6-8-23-9-7-15/h10-12,15,23H,6-9H2,1-5H3,(H2,24,25,26,27,28). The number of nitrogens with one attached hydrogen (secondary N) is 3. The molecule has 0 saturated carbocycles. The molecule has 32 heavy (non-hydrogen) atoms. The van der Waals surface area contributed by atoms with Gasteiger partial charge < -0.3 is 15.4 Å². The summed E-state index contributed by atoms with van der Waals surface area (Å²) < 4.78 is 32.3. The van der Waals surface area contributed by atoms with E-state index in [0.29, 0.717) is 28.3 Å². The van der Waals surface area contributed by atoms with Gasteiger partial charge in [0.25, 0.3) is 0 Å². The van der Waals surface area contributed by atoms with E-state index >= 15 is 0 Å². The van der Waals surface area contributed by atoms with Crippen LogP contribution in [0.25, 0.3) is 10.9 Å². The molecule has 1 aliphatic rings. The number of fused-ring (bicyclic) bond motifs is 1. The maximum absolute atomic E-state index is 13.5. The van der Waals surface area contributed by atoms with Crippen molar-refractivity contribution in [1.82, 2.24) is 25.5 Å². The van der Waals surface area contributed by atoms with Crippen LogP contribution in [0.15, 0.2) is 23.4 Å². The number of hydrogen-bond donors (Lipinski definition) is 3. The molecular weight excluding hydrogens is 428 g/mol. The van der Waals surface area contributed by atoms with Gasteiger partial charge in [0.1, 0.15) is 34.7 Å². The second kappa shape index (κ2) is 8.32. The van der Waals surface area contributed by atoms with Gasteiger partial charge in [-0.15, -0.1) is 0 Å². The highest BCUT2D eigenvalue weighted by Gasteiger charge is 2.35. The van der Waals surface area contributed by atoms with Crippen molar-refractivity contribution < 1.29 is 13.2 Å². The highest BCUT2D eigenvalue weighted by molar-refractivity contribution is 7.92. The van der Waals surface area contributed by atoms with E-state index in [1.807, 2.05) is 13.8 Å². The molecule has 3 heterocycles. The fourth-order valence-electron chi connectivity index (χ4n) is 3.62.